The maximum Gasteiger partial charge on any atom is 0.397 e. The molecule has 0 aromatic carbocycles. The van der Waals surface area contributed by atoms with Crippen LogP contribution < -0.4 is 0 Å². The molecule has 0 unspecified atom stereocenters. The van der Waals surface area contributed by atoms with Crippen LogP contribution in [-0.2, 0) is 0 Å². The molecule has 0 spiro atoms. The lowest BCUT2D eigenvalue weighted by Gasteiger charge is -2.08. The summed E-state index contributed by atoms with van der Waals surface area (Å²) in [5.74, 6) is 0. The van der Waals surface area contributed by atoms with Crippen molar-refractivity contribution >= 4 is 0 Å². The van der Waals surface area contributed by atoms with E-state index >= 15 is 0 Å². The number of alkyl halides is 6. The van der Waals surface area contributed by atoms with Gasteiger partial charge in [-0.1, -0.05) is 20.3 Å². The molecule has 0 amide bonds. The molecule has 0 bridgehead atoms. The molecule has 0 heterocycles. The van der Waals surface area contributed by atoms with Gasteiger partial charge in [-0.15, -0.1) is 0 Å². The van der Waals surface area contributed by atoms with Crippen molar-refractivity contribution in [1.29, 1.82) is 0 Å². The normalized spacial score (nSPS) is 12.0. The summed E-state index contributed by atoms with van der Waals surface area (Å²) in [4.78, 5) is 0. The molecule has 0 aliphatic heterocycles. The predicted octanol–water partition coefficient (Wildman–Crippen LogP) is 3.92. The Balaban J connectivity index is 0. The van der Waals surface area contributed by atoms with Gasteiger partial charge in [-0.25, -0.2) is 0 Å². The maximum absolute atomic E-state index is 10.8. The zero-order chi connectivity index (χ0) is 10.4. The zero-order valence-corrected chi connectivity index (χ0v) is 6.68. The number of rotatable bonds is 0. The van der Waals surface area contributed by atoms with Crippen molar-refractivity contribution in [2.75, 3.05) is 0 Å². The lowest BCUT2D eigenvalue weighted by molar-refractivity contribution is -0.232. The van der Waals surface area contributed by atoms with Gasteiger partial charge in [0.1, 0.15) is 6.42 Å². The van der Waals surface area contributed by atoms with E-state index in [9.17, 15) is 26.3 Å². The first kappa shape index (κ1) is 14.1. The molecule has 0 N–H and O–H groups in total. The highest BCUT2D eigenvalue weighted by atomic mass is 19.4. The molecule has 0 rings (SSSR count). The largest absolute Gasteiger partial charge is 0.397 e. The molecule has 0 aliphatic rings. The van der Waals surface area contributed by atoms with Crippen molar-refractivity contribution in [3.63, 3.8) is 0 Å². The molecule has 6 heteroatoms. The Bertz CT molecular complexity index is 87.6. The SMILES string of the molecule is CCC.FC(F)(F)CC(F)(F)F. The molecular weight excluding hydrogens is 186 g/mol. The Morgan fingerprint density at radius 3 is 0.917 bits per heavy atom. The predicted molar refractivity (Wildman–Crippen MR) is 32.7 cm³/mol. The van der Waals surface area contributed by atoms with Crippen molar-refractivity contribution in [1.82, 2.24) is 0 Å². The fourth-order valence-corrected chi connectivity index (χ4v) is 0.227. The first-order chi connectivity index (χ1) is 5.12. The Kier molecular flexibility index (Phi) is 6.20. The fourth-order valence-electron chi connectivity index (χ4n) is 0.227. The third kappa shape index (κ3) is 22.7. The highest BCUT2D eigenvalue weighted by Gasteiger charge is 2.43. The van der Waals surface area contributed by atoms with Crippen LogP contribution in [-0.4, -0.2) is 12.4 Å². The third-order valence-electron chi connectivity index (χ3n) is 0.401. The number of hydrogen-bond donors (Lipinski definition) is 0. The summed E-state index contributed by atoms with van der Waals surface area (Å²) >= 11 is 0. The van der Waals surface area contributed by atoms with E-state index in [-0.39, 0.29) is 0 Å². The summed E-state index contributed by atoms with van der Waals surface area (Å²) in [7, 11) is 0. The van der Waals surface area contributed by atoms with Crippen molar-refractivity contribution in [3.05, 3.63) is 0 Å². The fraction of sp³-hybridized carbons (Fsp3) is 1.00. The smallest absolute Gasteiger partial charge is 0.171 e. The van der Waals surface area contributed by atoms with Crippen LogP contribution >= 0.6 is 0 Å². The van der Waals surface area contributed by atoms with Crippen LogP contribution in [0.5, 0.6) is 0 Å². The summed E-state index contributed by atoms with van der Waals surface area (Å²) in [5, 5.41) is 0. The van der Waals surface area contributed by atoms with Gasteiger partial charge in [0, 0.05) is 0 Å². The van der Waals surface area contributed by atoms with Gasteiger partial charge >= 0.3 is 12.4 Å². The zero-order valence-electron chi connectivity index (χ0n) is 6.68. The van der Waals surface area contributed by atoms with Crippen LogP contribution in [0.3, 0.4) is 0 Å². The van der Waals surface area contributed by atoms with Gasteiger partial charge in [0.25, 0.3) is 0 Å². The second kappa shape index (κ2) is 5.27. The van der Waals surface area contributed by atoms with Crippen molar-refractivity contribution in [3.8, 4) is 0 Å². The lowest BCUT2D eigenvalue weighted by Crippen LogP contribution is -2.20. The molecule has 0 radical (unpaired) electrons. The molecule has 0 aromatic heterocycles. The van der Waals surface area contributed by atoms with Crippen molar-refractivity contribution in [2.24, 2.45) is 0 Å². The number of hydrogen-bond acceptors (Lipinski definition) is 0. The van der Waals surface area contributed by atoms with E-state index in [2.05, 4.69) is 13.8 Å². The molecule has 0 atom stereocenters. The van der Waals surface area contributed by atoms with Gasteiger partial charge in [-0.05, 0) is 0 Å². The first-order valence-electron chi connectivity index (χ1n) is 3.26. The highest BCUT2D eigenvalue weighted by Crippen LogP contribution is 2.31. The van der Waals surface area contributed by atoms with Gasteiger partial charge < -0.3 is 0 Å². The third-order valence-corrected chi connectivity index (χ3v) is 0.401. The van der Waals surface area contributed by atoms with E-state index in [1.165, 1.54) is 6.42 Å². The van der Waals surface area contributed by atoms with Crippen LogP contribution in [0.4, 0.5) is 26.3 Å². The van der Waals surface area contributed by atoms with E-state index in [0.717, 1.165) is 0 Å². The quantitative estimate of drug-likeness (QED) is 0.515. The molecule has 0 nitrogen and oxygen atoms in total. The van der Waals surface area contributed by atoms with Crippen LogP contribution in [0.25, 0.3) is 0 Å². The van der Waals surface area contributed by atoms with Crippen molar-refractivity contribution in [2.45, 2.75) is 39.0 Å². The average molecular weight is 196 g/mol. The number of halogens is 6. The van der Waals surface area contributed by atoms with Gasteiger partial charge in [-0.3, -0.25) is 0 Å². The molecule has 0 fully saturated rings. The lowest BCUT2D eigenvalue weighted by atomic mass is 10.4. The van der Waals surface area contributed by atoms with Gasteiger partial charge in [0.05, 0.1) is 0 Å². The molecule has 76 valence electrons. The molecule has 0 aromatic rings. The standard InChI is InChI=1S/C3H2F6.C3H8/c4-2(5,6)1-3(7,8)9;1-3-2/h1H2;3H2,1-2H3. The highest BCUT2D eigenvalue weighted by molar-refractivity contribution is 4.57. The van der Waals surface area contributed by atoms with Gasteiger partial charge in [-0.2, -0.15) is 26.3 Å². The van der Waals surface area contributed by atoms with Crippen LogP contribution in [0, 0.1) is 0 Å². The van der Waals surface area contributed by atoms with Gasteiger partial charge in [0.15, 0.2) is 0 Å². The summed E-state index contributed by atoms with van der Waals surface area (Å²) in [6.45, 7) is 4.25. The summed E-state index contributed by atoms with van der Waals surface area (Å²) in [6, 6.07) is 0. The summed E-state index contributed by atoms with van der Waals surface area (Å²) < 4.78 is 65.0. The van der Waals surface area contributed by atoms with Crippen molar-refractivity contribution < 1.29 is 26.3 Å². The van der Waals surface area contributed by atoms with Crippen LogP contribution in [0.15, 0.2) is 0 Å². The first-order valence-corrected chi connectivity index (χ1v) is 3.26. The molecular formula is C6H10F6. The van der Waals surface area contributed by atoms with E-state index in [1.807, 2.05) is 0 Å². The van der Waals surface area contributed by atoms with E-state index in [0.29, 0.717) is 0 Å². The summed E-state index contributed by atoms with van der Waals surface area (Å²) in [6.07, 6.45) is -11.7. The van der Waals surface area contributed by atoms with E-state index < -0.39 is 18.8 Å². The minimum atomic E-state index is -5.14. The average Bonchev–Trinajstić information content (AvgIpc) is 1.53. The minimum Gasteiger partial charge on any atom is -0.171 e. The van der Waals surface area contributed by atoms with Crippen LogP contribution in [0.1, 0.15) is 26.7 Å². The Morgan fingerprint density at radius 2 is 0.917 bits per heavy atom. The topological polar surface area (TPSA) is 0 Å². The molecule has 0 saturated heterocycles. The molecule has 0 aliphatic carbocycles. The summed E-state index contributed by atoms with van der Waals surface area (Å²) in [5.41, 5.74) is 0. The monoisotopic (exact) mass is 196 g/mol. The Morgan fingerprint density at radius 1 is 0.750 bits per heavy atom. The van der Waals surface area contributed by atoms with Crippen LogP contribution in [0.2, 0.25) is 0 Å². The molecule has 12 heavy (non-hydrogen) atoms. The molecule has 0 saturated carbocycles. The Hall–Kier alpha value is -0.420. The second-order valence-corrected chi connectivity index (χ2v) is 2.11. The maximum atomic E-state index is 10.8. The Labute approximate surface area is 66.6 Å². The second-order valence-electron chi connectivity index (χ2n) is 2.11. The van der Waals surface area contributed by atoms with E-state index in [4.69, 9.17) is 0 Å². The van der Waals surface area contributed by atoms with E-state index in [1.54, 1.807) is 0 Å². The minimum absolute atomic E-state index is 1.25. The van der Waals surface area contributed by atoms with Gasteiger partial charge in [0.2, 0.25) is 0 Å².